The number of rotatable bonds is 4. The monoisotopic (exact) mass is 400 g/mol. The maximum absolute atomic E-state index is 6.00. The highest BCUT2D eigenvalue weighted by Crippen LogP contribution is 2.36. The molecule has 1 aliphatic rings. The fraction of sp³-hybridized carbons (Fsp3) is 0.167. The van der Waals surface area contributed by atoms with Crippen molar-refractivity contribution in [2.75, 3.05) is 6.61 Å². The Kier molecular flexibility index (Phi) is 4.14. The number of hydrogen-bond donors (Lipinski definition) is 0. The predicted molar refractivity (Wildman–Crippen MR) is 99.4 cm³/mol. The molecule has 0 fully saturated rings. The normalized spacial score (nSPS) is 16.0. The van der Waals surface area contributed by atoms with E-state index in [1.165, 1.54) is 11.8 Å². The SMILES string of the molecule is Clc1ccc2nc(CSc3nnc(C4COc5ccccc5O4)o3)cn2c1. The number of pyridine rings is 1. The van der Waals surface area contributed by atoms with Crippen LogP contribution in [0, 0.1) is 0 Å². The minimum atomic E-state index is -0.418. The van der Waals surface area contributed by atoms with Crippen LogP contribution in [0.15, 0.2) is 58.4 Å². The zero-order chi connectivity index (χ0) is 18.2. The molecule has 7 nitrogen and oxygen atoms in total. The molecule has 3 aromatic heterocycles. The molecule has 0 spiro atoms. The van der Waals surface area contributed by atoms with Gasteiger partial charge in [0.25, 0.3) is 11.1 Å². The van der Waals surface area contributed by atoms with Crippen molar-refractivity contribution in [3.05, 3.63) is 65.4 Å². The Balaban J connectivity index is 1.27. The van der Waals surface area contributed by atoms with Crippen LogP contribution in [0.4, 0.5) is 0 Å². The van der Waals surface area contributed by atoms with Gasteiger partial charge in [-0.25, -0.2) is 4.98 Å². The van der Waals surface area contributed by atoms with Gasteiger partial charge in [0.2, 0.25) is 6.10 Å². The van der Waals surface area contributed by atoms with Gasteiger partial charge in [0.15, 0.2) is 11.5 Å². The van der Waals surface area contributed by atoms with Gasteiger partial charge in [-0.05, 0) is 24.3 Å². The highest BCUT2D eigenvalue weighted by atomic mass is 35.5. The van der Waals surface area contributed by atoms with Crippen molar-refractivity contribution in [3.8, 4) is 11.5 Å². The van der Waals surface area contributed by atoms with Gasteiger partial charge in [-0.3, -0.25) is 0 Å². The first-order chi connectivity index (χ1) is 13.2. The number of hydrogen-bond acceptors (Lipinski definition) is 7. The van der Waals surface area contributed by atoms with E-state index < -0.39 is 6.10 Å². The van der Waals surface area contributed by atoms with E-state index in [1.54, 1.807) is 0 Å². The molecular formula is C18H13ClN4O3S. The highest BCUT2D eigenvalue weighted by molar-refractivity contribution is 7.98. The molecule has 1 aliphatic heterocycles. The van der Waals surface area contributed by atoms with Gasteiger partial charge < -0.3 is 18.3 Å². The molecule has 0 bridgehead atoms. The van der Waals surface area contributed by atoms with Crippen LogP contribution in [0.3, 0.4) is 0 Å². The molecule has 0 radical (unpaired) electrons. The second-order valence-electron chi connectivity index (χ2n) is 5.90. The average Bonchev–Trinajstić information content (AvgIpc) is 3.32. The van der Waals surface area contributed by atoms with Crippen LogP contribution in [0.2, 0.25) is 5.02 Å². The smallest absolute Gasteiger partial charge is 0.277 e. The van der Waals surface area contributed by atoms with Gasteiger partial charge >= 0.3 is 0 Å². The minimum Gasteiger partial charge on any atom is -0.485 e. The highest BCUT2D eigenvalue weighted by Gasteiger charge is 2.27. The lowest BCUT2D eigenvalue weighted by Crippen LogP contribution is -2.21. The summed E-state index contributed by atoms with van der Waals surface area (Å²) in [5.74, 6) is 2.39. The van der Waals surface area contributed by atoms with E-state index >= 15 is 0 Å². The van der Waals surface area contributed by atoms with E-state index in [0.717, 1.165) is 17.1 Å². The maximum Gasteiger partial charge on any atom is 0.277 e. The fourth-order valence-corrected chi connectivity index (χ4v) is 3.59. The van der Waals surface area contributed by atoms with Crippen LogP contribution in [-0.4, -0.2) is 26.2 Å². The van der Waals surface area contributed by atoms with Gasteiger partial charge in [-0.15, -0.1) is 10.2 Å². The standard InChI is InChI=1S/C18H13ClN4O3S/c19-11-5-6-16-20-12(8-23(16)7-11)10-27-18-22-21-17(26-18)15-9-24-13-3-1-2-4-14(13)25-15/h1-8,15H,9-10H2. The van der Waals surface area contributed by atoms with E-state index in [-0.39, 0.29) is 0 Å². The maximum atomic E-state index is 6.00. The number of fused-ring (bicyclic) bond motifs is 2. The summed E-state index contributed by atoms with van der Waals surface area (Å²) in [6.07, 6.45) is 3.33. The van der Waals surface area contributed by atoms with Crippen LogP contribution >= 0.6 is 23.4 Å². The predicted octanol–water partition coefficient (Wildman–Crippen LogP) is 4.18. The van der Waals surface area contributed by atoms with E-state index in [9.17, 15) is 0 Å². The molecule has 27 heavy (non-hydrogen) atoms. The molecule has 9 heteroatoms. The molecule has 4 aromatic rings. The molecule has 1 aromatic carbocycles. The number of halogens is 1. The second kappa shape index (κ2) is 6.79. The van der Waals surface area contributed by atoms with Crippen molar-refractivity contribution in [2.24, 2.45) is 0 Å². The Morgan fingerprint density at radius 3 is 2.93 bits per heavy atom. The molecule has 136 valence electrons. The molecule has 0 aliphatic carbocycles. The number of nitrogens with zero attached hydrogens (tertiary/aromatic N) is 4. The third-order valence-electron chi connectivity index (χ3n) is 4.01. The first-order valence-corrected chi connectivity index (χ1v) is 9.59. The number of benzene rings is 1. The van der Waals surface area contributed by atoms with E-state index in [4.69, 9.17) is 25.5 Å². The lowest BCUT2D eigenvalue weighted by molar-refractivity contribution is 0.0686. The summed E-state index contributed by atoms with van der Waals surface area (Å²) in [6.45, 7) is 0.330. The third-order valence-corrected chi connectivity index (χ3v) is 5.09. The van der Waals surface area contributed by atoms with Gasteiger partial charge in [0, 0.05) is 18.1 Å². The van der Waals surface area contributed by atoms with Crippen LogP contribution in [0.1, 0.15) is 17.7 Å². The number of thioether (sulfide) groups is 1. The lowest BCUT2D eigenvalue weighted by atomic mass is 10.2. The van der Waals surface area contributed by atoms with Crippen molar-refractivity contribution in [1.29, 1.82) is 0 Å². The Hall–Kier alpha value is -2.71. The van der Waals surface area contributed by atoms with Crippen LogP contribution < -0.4 is 9.47 Å². The summed E-state index contributed by atoms with van der Waals surface area (Å²) in [5, 5.41) is 9.30. The Morgan fingerprint density at radius 1 is 1.11 bits per heavy atom. The van der Waals surface area contributed by atoms with E-state index in [0.29, 0.717) is 34.2 Å². The van der Waals surface area contributed by atoms with Crippen molar-refractivity contribution in [2.45, 2.75) is 17.1 Å². The summed E-state index contributed by atoms with van der Waals surface area (Å²) in [6, 6.07) is 11.2. The molecule has 0 saturated carbocycles. The molecule has 0 saturated heterocycles. The fourth-order valence-electron chi connectivity index (χ4n) is 2.77. The number of imidazole rings is 1. The molecule has 0 amide bonds. The van der Waals surface area contributed by atoms with Crippen molar-refractivity contribution >= 4 is 29.0 Å². The van der Waals surface area contributed by atoms with Gasteiger partial charge in [0.05, 0.1) is 10.7 Å². The van der Waals surface area contributed by atoms with E-state index in [1.807, 2.05) is 53.2 Å². The van der Waals surface area contributed by atoms with Crippen LogP contribution in [0.5, 0.6) is 11.5 Å². The van der Waals surface area contributed by atoms with Crippen LogP contribution in [-0.2, 0) is 5.75 Å². The van der Waals surface area contributed by atoms with Crippen LogP contribution in [0.25, 0.3) is 5.65 Å². The summed E-state index contributed by atoms with van der Waals surface area (Å²) >= 11 is 7.42. The van der Waals surface area contributed by atoms with Crippen molar-refractivity contribution < 1.29 is 13.9 Å². The molecule has 5 rings (SSSR count). The van der Waals surface area contributed by atoms with Gasteiger partial charge in [0.1, 0.15) is 12.3 Å². The number of ether oxygens (including phenoxy) is 2. The molecular weight excluding hydrogens is 388 g/mol. The summed E-state index contributed by atoms with van der Waals surface area (Å²) in [7, 11) is 0. The largest absolute Gasteiger partial charge is 0.485 e. The number of aromatic nitrogens is 4. The van der Waals surface area contributed by atoms with Gasteiger partial charge in [-0.2, -0.15) is 0 Å². The van der Waals surface area contributed by atoms with E-state index in [2.05, 4.69) is 15.2 Å². The minimum absolute atomic E-state index is 0.330. The third kappa shape index (κ3) is 3.33. The van der Waals surface area contributed by atoms with Crippen molar-refractivity contribution in [1.82, 2.24) is 19.6 Å². The summed E-state index contributed by atoms with van der Waals surface area (Å²) in [4.78, 5) is 4.54. The Labute approximate surface area is 163 Å². The van der Waals surface area contributed by atoms with Crippen molar-refractivity contribution in [3.63, 3.8) is 0 Å². The Bertz CT molecular complexity index is 1110. The first-order valence-electron chi connectivity index (χ1n) is 8.22. The Morgan fingerprint density at radius 2 is 2.00 bits per heavy atom. The summed E-state index contributed by atoms with van der Waals surface area (Å²) in [5.41, 5.74) is 1.74. The molecule has 1 atom stereocenters. The quantitative estimate of drug-likeness (QED) is 0.476. The molecule has 0 N–H and O–H groups in total. The average molecular weight is 401 g/mol. The topological polar surface area (TPSA) is 74.7 Å². The first kappa shape index (κ1) is 16.5. The lowest BCUT2D eigenvalue weighted by Gasteiger charge is -2.23. The van der Waals surface area contributed by atoms with Gasteiger partial charge in [-0.1, -0.05) is 35.5 Å². The zero-order valence-corrected chi connectivity index (χ0v) is 15.5. The number of para-hydroxylation sites is 2. The molecule has 4 heterocycles. The molecule has 1 unspecified atom stereocenters. The second-order valence-corrected chi connectivity index (χ2v) is 7.27. The zero-order valence-electron chi connectivity index (χ0n) is 13.9. The summed E-state index contributed by atoms with van der Waals surface area (Å²) < 4.78 is 19.2.